The first-order valence-corrected chi connectivity index (χ1v) is 11.0. The monoisotopic (exact) mass is 421 g/mol. The number of halogens is 1. The molecule has 0 spiro atoms. The second-order valence-corrected chi connectivity index (χ2v) is 9.29. The molecule has 8 heteroatoms. The highest BCUT2D eigenvalue weighted by molar-refractivity contribution is 7.89. The van der Waals surface area contributed by atoms with Crippen LogP contribution < -0.4 is 5.32 Å². The highest BCUT2D eigenvalue weighted by Crippen LogP contribution is 2.21. The number of nitrogens with zero attached hydrogens (tertiary/aromatic N) is 2. The Balaban J connectivity index is 1.63. The van der Waals surface area contributed by atoms with Crippen LogP contribution in [0, 0.1) is 0 Å². The maximum atomic E-state index is 12.9. The number of amides is 1. The van der Waals surface area contributed by atoms with Crippen molar-refractivity contribution in [2.45, 2.75) is 17.7 Å². The van der Waals surface area contributed by atoms with Gasteiger partial charge in [0.25, 0.3) is 0 Å². The average molecular weight is 422 g/mol. The molecule has 1 amide bonds. The van der Waals surface area contributed by atoms with Crippen LogP contribution in [0.15, 0.2) is 53.4 Å². The number of benzene rings is 2. The van der Waals surface area contributed by atoms with Crippen molar-refractivity contribution >= 4 is 33.2 Å². The Morgan fingerprint density at radius 3 is 2.50 bits per heavy atom. The maximum Gasteiger partial charge on any atom is 0.243 e. The van der Waals surface area contributed by atoms with E-state index in [0.717, 1.165) is 5.56 Å². The van der Waals surface area contributed by atoms with Crippen LogP contribution in [0.2, 0.25) is 5.02 Å². The normalized spacial score (nSPS) is 16.1. The molecule has 1 aliphatic heterocycles. The standard InChI is InChI=1S/C20H24ClN3O3S/c1-23-10-12-24(13-11-23)28(26,27)19-7-3-6-18(15-19)22-20(25)9-8-16-4-2-5-17(21)14-16/h2-7,14-15H,8-13H2,1H3,(H,22,25). The van der Waals surface area contributed by atoms with Crippen molar-refractivity contribution in [3.8, 4) is 0 Å². The van der Waals surface area contributed by atoms with Crippen molar-refractivity contribution in [3.63, 3.8) is 0 Å². The quantitative estimate of drug-likeness (QED) is 0.778. The Bertz CT molecular complexity index is 941. The van der Waals surface area contributed by atoms with E-state index in [2.05, 4.69) is 10.2 Å². The predicted octanol–water partition coefficient (Wildman–Crippen LogP) is 2.85. The van der Waals surface area contributed by atoms with Gasteiger partial charge in [0.2, 0.25) is 15.9 Å². The van der Waals surface area contributed by atoms with Gasteiger partial charge in [-0.25, -0.2) is 8.42 Å². The van der Waals surface area contributed by atoms with Gasteiger partial charge in [-0.1, -0.05) is 29.8 Å². The summed E-state index contributed by atoms with van der Waals surface area (Å²) in [4.78, 5) is 14.6. The van der Waals surface area contributed by atoms with Gasteiger partial charge in [0.15, 0.2) is 0 Å². The maximum absolute atomic E-state index is 12.9. The molecule has 1 N–H and O–H groups in total. The number of anilines is 1. The lowest BCUT2D eigenvalue weighted by molar-refractivity contribution is -0.116. The number of carbonyl (C=O) groups excluding carboxylic acids is 1. The molecule has 2 aromatic carbocycles. The van der Waals surface area contributed by atoms with Crippen LogP contribution >= 0.6 is 11.6 Å². The molecule has 1 saturated heterocycles. The van der Waals surface area contributed by atoms with Gasteiger partial charge in [0, 0.05) is 43.3 Å². The van der Waals surface area contributed by atoms with Gasteiger partial charge in [0.1, 0.15) is 0 Å². The van der Waals surface area contributed by atoms with Crippen molar-refractivity contribution in [1.82, 2.24) is 9.21 Å². The first kappa shape index (κ1) is 20.8. The van der Waals surface area contributed by atoms with E-state index in [1.165, 1.54) is 10.4 Å². The predicted molar refractivity (Wildman–Crippen MR) is 111 cm³/mol. The summed E-state index contributed by atoms with van der Waals surface area (Å²) in [5.74, 6) is -0.172. The van der Waals surface area contributed by atoms with Crippen LogP contribution in [0.1, 0.15) is 12.0 Å². The van der Waals surface area contributed by atoms with Gasteiger partial charge in [-0.3, -0.25) is 4.79 Å². The fraction of sp³-hybridized carbons (Fsp3) is 0.350. The zero-order chi connectivity index (χ0) is 20.1. The Hall–Kier alpha value is -1.93. The van der Waals surface area contributed by atoms with Crippen molar-refractivity contribution < 1.29 is 13.2 Å². The molecule has 0 aliphatic carbocycles. The molecular formula is C20H24ClN3O3S. The molecular weight excluding hydrogens is 398 g/mol. The zero-order valence-electron chi connectivity index (χ0n) is 15.8. The topological polar surface area (TPSA) is 69.7 Å². The van der Waals surface area contributed by atoms with E-state index in [0.29, 0.717) is 43.3 Å². The molecule has 0 aromatic heterocycles. The molecule has 1 aliphatic rings. The Labute approximate surface area is 171 Å². The minimum atomic E-state index is -3.56. The second kappa shape index (κ2) is 9.05. The van der Waals surface area contributed by atoms with E-state index in [9.17, 15) is 13.2 Å². The summed E-state index contributed by atoms with van der Waals surface area (Å²) in [6.07, 6.45) is 0.849. The minimum absolute atomic E-state index is 0.172. The lowest BCUT2D eigenvalue weighted by atomic mass is 10.1. The Morgan fingerprint density at radius 1 is 1.07 bits per heavy atom. The summed E-state index contributed by atoms with van der Waals surface area (Å²) in [6.45, 7) is 2.35. The fourth-order valence-corrected chi connectivity index (χ4v) is 4.77. The molecule has 1 heterocycles. The van der Waals surface area contributed by atoms with Crippen LogP contribution in [0.4, 0.5) is 5.69 Å². The van der Waals surface area contributed by atoms with Gasteiger partial charge in [-0.2, -0.15) is 4.31 Å². The van der Waals surface area contributed by atoms with Crippen molar-refractivity contribution in [2.75, 3.05) is 38.5 Å². The summed E-state index contributed by atoms with van der Waals surface area (Å²) < 4.78 is 27.2. The third-order valence-corrected chi connectivity index (χ3v) is 6.88. The second-order valence-electron chi connectivity index (χ2n) is 6.91. The minimum Gasteiger partial charge on any atom is -0.326 e. The summed E-state index contributed by atoms with van der Waals surface area (Å²) in [5, 5.41) is 3.42. The number of likely N-dealkylation sites (N-methyl/N-ethyl adjacent to an activating group) is 1. The van der Waals surface area contributed by atoms with E-state index in [1.54, 1.807) is 24.3 Å². The van der Waals surface area contributed by atoms with Crippen molar-refractivity contribution in [2.24, 2.45) is 0 Å². The van der Waals surface area contributed by atoms with E-state index in [1.807, 2.05) is 25.2 Å². The van der Waals surface area contributed by atoms with Crippen LogP contribution in [-0.2, 0) is 21.2 Å². The lowest BCUT2D eigenvalue weighted by Gasteiger charge is -2.31. The van der Waals surface area contributed by atoms with Crippen LogP contribution in [0.3, 0.4) is 0 Å². The molecule has 0 bridgehead atoms. The van der Waals surface area contributed by atoms with Gasteiger partial charge in [0.05, 0.1) is 4.90 Å². The smallest absolute Gasteiger partial charge is 0.243 e. The fourth-order valence-electron chi connectivity index (χ4n) is 3.09. The van der Waals surface area contributed by atoms with Crippen LogP contribution in [0.5, 0.6) is 0 Å². The number of hydrogen-bond acceptors (Lipinski definition) is 4. The van der Waals surface area contributed by atoms with E-state index >= 15 is 0 Å². The summed E-state index contributed by atoms with van der Waals surface area (Å²) in [6, 6.07) is 13.8. The highest BCUT2D eigenvalue weighted by atomic mass is 35.5. The average Bonchev–Trinajstić information content (AvgIpc) is 2.67. The Kier molecular flexibility index (Phi) is 6.72. The third-order valence-electron chi connectivity index (χ3n) is 4.75. The third kappa shape index (κ3) is 5.32. The molecule has 1 fully saturated rings. The summed E-state index contributed by atoms with van der Waals surface area (Å²) >= 11 is 5.96. The summed E-state index contributed by atoms with van der Waals surface area (Å²) in [5.41, 5.74) is 1.46. The SMILES string of the molecule is CN1CCN(S(=O)(=O)c2cccc(NC(=O)CCc3cccc(Cl)c3)c2)CC1. The van der Waals surface area contributed by atoms with Gasteiger partial charge in [-0.15, -0.1) is 0 Å². The van der Waals surface area contributed by atoms with Crippen LogP contribution in [-0.4, -0.2) is 56.8 Å². The van der Waals surface area contributed by atoms with E-state index in [-0.39, 0.29) is 17.2 Å². The number of aryl methyl sites for hydroxylation is 1. The molecule has 0 saturated carbocycles. The van der Waals surface area contributed by atoms with Crippen LogP contribution in [0.25, 0.3) is 0 Å². The molecule has 2 aromatic rings. The zero-order valence-corrected chi connectivity index (χ0v) is 17.3. The van der Waals surface area contributed by atoms with Gasteiger partial charge in [-0.05, 0) is 49.4 Å². The number of carbonyl (C=O) groups is 1. The largest absolute Gasteiger partial charge is 0.326 e. The number of piperazine rings is 1. The molecule has 6 nitrogen and oxygen atoms in total. The molecule has 3 rings (SSSR count). The number of rotatable bonds is 6. The first-order valence-electron chi connectivity index (χ1n) is 9.18. The molecule has 0 radical (unpaired) electrons. The number of sulfonamides is 1. The highest BCUT2D eigenvalue weighted by Gasteiger charge is 2.27. The van der Waals surface area contributed by atoms with Crippen molar-refractivity contribution in [1.29, 1.82) is 0 Å². The lowest BCUT2D eigenvalue weighted by Crippen LogP contribution is -2.47. The molecule has 0 unspecified atom stereocenters. The van der Waals surface area contributed by atoms with Gasteiger partial charge >= 0.3 is 0 Å². The first-order chi connectivity index (χ1) is 13.3. The van der Waals surface area contributed by atoms with Crippen molar-refractivity contribution in [3.05, 3.63) is 59.1 Å². The molecule has 0 atom stereocenters. The number of nitrogens with one attached hydrogen (secondary N) is 1. The summed E-state index contributed by atoms with van der Waals surface area (Å²) in [7, 11) is -1.59. The van der Waals surface area contributed by atoms with E-state index < -0.39 is 10.0 Å². The van der Waals surface area contributed by atoms with Gasteiger partial charge < -0.3 is 10.2 Å². The Morgan fingerprint density at radius 2 is 1.79 bits per heavy atom. The molecule has 28 heavy (non-hydrogen) atoms. The molecule has 150 valence electrons. The number of hydrogen-bond donors (Lipinski definition) is 1. The van der Waals surface area contributed by atoms with E-state index in [4.69, 9.17) is 11.6 Å².